The van der Waals surface area contributed by atoms with Crippen molar-refractivity contribution < 1.29 is 8.42 Å². The topological polar surface area (TPSA) is 40.6 Å². The van der Waals surface area contributed by atoms with Gasteiger partial charge in [0.2, 0.25) is 9.84 Å². The Labute approximate surface area is 80.4 Å². The fourth-order valence-corrected chi connectivity index (χ4v) is 1.54. The van der Waals surface area contributed by atoms with E-state index in [4.69, 9.17) is 0 Å². The maximum atomic E-state index is 11.2. The van der Waals surface area contributed by atoms with Crippen molar-refractivity contribution in [3.05, 3.63) is 0 Å². The molecule has 0 heterocycles. The standard InChI is InChI=1S/C8H16N2O2S/c1-9(2)5-7-13(11,12)8-6-10(3)4/h5,7H2,1-4H3. The fraction of sp³-hybridized carbons (Fsp3) is 0.750. The Kier molecular flexibility index (Phi) is 4.81. The molecule has 0 aliphatic carbocycles. The molecule has 4 nitrogen and oxygen atoms in total. The zero-order valence-corrected chi connectivity index (χ0v) is 9.35. The molecule has 0 N–H and O–H groups in total. The summed E-state index contributed by atoms with van der Waals surface area (Å²) in [6, 6.07) is 2.49. The minimum absolute atomic E-state index is 0.0842. The van der Waals surface area contributed by atoms with Gasteiger partial charge in [-0.05, 0) is 14.1 Å². The Hall–Kier alpha value is -0.730. The highest BCUT2D eigenvalue weighted by Gasteiger charge is 2.06. The summed E-state index contributed by atoms with van der Waals surface area (Å²) in [5.41, 5.74) is 0. The highest BCUT2D eigenvalue weighted by atomic mass is 32.2. The third-order valence-electron chi connectivity index (χ3n) is 1.23. The maximum absolute atomic E-state index is 11.2. The molecule has 0 bridgehead atoms. The lowest BCUT2D eigenvalue weighted by atomic mass is 10.7. The van der Waals surface area contributed by atoms with E-state index in [0.29, 0.717) is 6.54 Å². The first-order valence-electron chi connectivity index (χ1n) is 3.90. The van der Waals surface area contributed by atoms with Crippen LogP contribution in [0.4, 0.5) is 0 Å². The second-order valence-corrected chi connectivity index (χ2v) is 5.07. The Morgan fingerprint density at radius 3 is 2.08 bits per heavy atom. The minimum atomic E-state index is -3.22. The van der Waals surface area contributed by atoms with Crippen molar-refractivity contribution in [1.29, 1.82) is 0 Å². The quantitative estimate of drug-likeness (QED) is 0.456. The molecular formula is C8H16N2O2S. The third kappa shape index (κ3) is 7.62. The van der Waals surface area contributed by atoms with Crippen LogP contribution < -0.4 is 0 Å². The van der Waals surface area contributed by atoms with Crippen molar-refractivity contribution in [1.82, 2.24) is 9.80 Å². The third-order valence-corrected chi connectivity index (χ3v) is 2.35. The van der Waals surface area contributed by atoms with E-state index in [9.17, 15) is 8.42 Å². The molecular weight excluding hydrogens is 188 g/mol. The summed E-state index contributed by atoms with van der Waals surface area (Å²) in [6.45, 7) is 0.504. The zero-order valence-electron chi connectivity index (χ0n) is 8.53. The monoisotopic (exact) mass is 204 g/mol. The summed E-state index contributed by atoms with van der Waals surface area (Å²) in [5, 5.41) is 2.24. The Balaban J connectivity index is 4.21. The first-order valence-corrected chi connectivity index (χ1v) is 5.56. The highest BCUT2D eigenvalue weighted by Crippen LogP contribution is 1.88. The molecule has 0 spiro atoms. The summed E-state index contributed by atoms with van der Waals surface area (Å²) in [6.07, 6.45) is 0. The molecule has 0 aliphatic rings. The molecule has 0 aliphatic heterocycles. The molecule has 0 saturated carbocycles. The number of hydrogen-bond acceptors (Lipinski definition) is 4. The van der Waals surface area contributed by atoms with Gasteiger partial charge < -0.3 is 9.80 Å². The van der Waals surface area contributed by atoms with Crippen LogP contribution in [0.25, 0.3) is 0 Å². The first kappa shape index (κ1) is 12.3. The number of rotatable bonds is 3. The van der Waals surface area contributed by atoms with Gasteiger partial charge in [-0.15, -0.1) is 0 Å². The van der Waals surface area contributed by atoms with Gasteiger partial charge in [0, 0.05) is 26.7 Å². The molecule has 0 rings (SSSR count). The molecule has 0 aromatic heterocycles. The molecule has 13 heavy (non-hydrogen) atoms. The lowest BCUT2D eigenvalue weighted by molar-refractivity contribution is 0.433. The lowest BCUT2D eigenvalue weighted by Gasteiger charge is -2.06. The van der Waals surface area contributed by atoms with Crippen LogP contribution in [0.1, 0.15) is 0 Å². The van der Waals surface area contributed by atoms with Gasteiger partial charge in [-0.3, -0.25) is 0 Å². The van der Waals surface area contributed by atoms with E-state index in [1.807, 2.05) is 19.0 Å². The largest absolute Gasteiger partial charge is 0.338 e. The minimum Gasteiger partial charge on any atom is -0.338 e. The van der Waals surface area contributed by atoms with Gasteiger partial charge in [-0.1, -0.05) is 0 Å². The van der Waals surface area contributed by atoms with Crippen LogP contribution in [0, 0.1) is 11.3 Å². The van der Waals surface area contributed by atoms with E-state index in [2.05, 4.69) is 11.3 Å². The smallest absolute Gasteiger partial charge is 0.219 e. The van der Waals surface area contributed by atoms with Crippen molar-refractivity contribution in [2.24, 2.45) is 0 Å². The van der Waals surface area contributed by atoms with Gasteiger partial charge in [-0.25, -0.2) is 8.42 Å². The van der Waals surface area contributed by atoms with Gasteiger partial charge in [-0.2, -0.15) is 0 Å². The summed E-state index contributed by atoms with van der Waals surface area (Å²) >= 11 is 0. The van der Waals surface area contributed by atoms with Crippen LogP contribution in [-0.2, 0) is 9.84 Å². The molecule has 5 heteroatoms. The molecule has 0 fully saturated rings. The molecule has 0 atom stereocenters. The zero-order chi connectivity index (χ0) is 10.5. The normalized spacial score (nSPS) is 10.8. The van der Waals surface area contributed by atoms with Crippen molar-refractivity contribution in [3.63, 3.8) is 0 Å². The summed E-state index contributed by atoms with van der Waals surface area (Å²) in [7, 11) is 3.85. The van der Waals surface area contributed by atoms with E-state index < -0.39 is 9.84 Å². The van der Waals surface area contributed by atoms with E-state index in [1.54, 1.807) is 14.1 Å². The maximum Gasteiger partial charge on any atom is 0.219 e. The second kappa shape index (κ2) is 5.10. The van der Waals surface area contributed by atoms with Gasteiger partial charge in [0.15, 0.2) is 0 Å². The Morgan fingerprint density at radius 1 is 1.15 bits per heavy atom. The predicted octanol–water partition coefficient (Wildman–Crippen LogP) is -0.557. The summed E-state index contributed by atoms with van der Waals surface area (Å²) < 4.78 is 22.4. The molecule has 0 unspecified atom stereocenters. The van der Waals surface area contributed by atoms with E-state index in [1.165, 1.54) is 4.90 Å². The van der Waals surface area contributed by atoms with Crippen LogP contribution in [0.3, 0.4) is 0 Å². The summed E-state index contributed by atoms with van der Waals surface area (Å²) in [5.74, 6) is 0.0842. The predicted molar refractivity (Wildman–Crippen MR) is 53.8 cm³/mol. The van der Waals surface area contributed by atoms with Crippen molar-refractivity contribution in [2.75, 3.05) is 40.5 Å². The van der Waals surface area contributed by atoms with Crippen LogP contribution in [0.15, 0.2) is 0 Å². The lowest BCUT2D eigenvalue weighted by Crippen LogP contribution is -2.21. The first-order chi connectivity index (χ1) is 5.83. The molecule has 0 saturated heterocycles. The Morgan fingerprint density at radius 2 is 1.69 bits per heavy atom. The van der Waals surface area contributed by atoms with Gasteiger partial charge in [0.05, 0.1) is 11.0 Å². The second-order valence-electron chi connectivity index (χ2n) is 3.23. The molecule has 76 valence electrons. The van der Waals surface area contributed by atoms with Crippen molar-refractivity contribution in [2.45, 2.75) is 0 Å². The van der Waals surface area contributed by atoms with Crippen LogP contribution >= 0.6 is 0 Å². The van der Waals surface area contributed by atoms with E-state index in [0.717, 1.165) is 0 Å². The highest BCUT2D eigenvalue weighted by molar-refractivity contribution is 7.96. The molecule has 0 radical (unpaired) electrons. The van der Waals surface area contributed by atoms with Crippen LogP contribution in [0.2, 0.25) is 0 Å². The fourth-order valence-electron chi connectivity index (χ4n) is 0.515. The van der Waals surface area contributed by atoms with Crippen molar-refractivity contribution >= 4 is 9.84 Å². The van der Waals surface area contributed by atoms with Gasteiger partial charge in [0.1, 0.15) is 0 Å². The van der Waals surface area contributed by atoms with Crippen molar-refractivity contribution in [3.8, 4) is 11.3 Å². The van der Waals surface area contributed by atoms with Crippen LogP contribution in [-0.4, -0.2) is 58.7 Å². The van der Waals surface area contributed by atoms with E-state index >= 15 is 0 Å². The summed E-state index contributed by atoms with van der Waals surface area (Å²) in [4.78, 5) is 3.34. The number of nitrogens with zero attached hydrogens (tertiary/aromatic N) is 2. The number of sulfone groups is 1. The average Bonchev–Trinajstić information content (AvgIpc) is 1.98. The van der Waals surface area contributed by atoms with Gasteiger partial charge >= 0.3 is 0 Å². The Bertz CT molecular complexity index is 296. The average molecular weight is 204 g/mol. The molecule has 0 amide bonds. The van der Waals surface area contributed by atoms with Crippen LogP contribution in [0.5, 0.6) is 0 Å². The molecule has 0 aromatic rings. The van der Waals surface area contributed by atoms with Gasteiger partial charge in [0.25, 0.3) is 0 Å². The molecule has 0 aromatic carbocycles. The number of hydrogen-bond donors (Lipinski definition) is 0. The van der Waals surface area contributed by atoms with E-state index in [-0.39, 0.29) is 5.75 Å². The SMILES string of the molecule is CN(C)C#CS(=O)(=O)CCN(C)C.